The van der Waals surface area contributed by atoms with Crippen LogP contribution in [-0.2, 0) is 0 Å². The van der Waals surface area contributed by atoms with E-state index in [0.29, 0.717) is 12.1 Å². The first kappa shape index (κ1) is 8.49. The summed E-state index contributed by atoms with van der Waals surface area (Å²) in [6.45, 7) is 8.13. The van der Waals surface area contributed by atoms with E-state index in [1.54, 1.807) is 0 Å². The molecule has 0 radical (unpaired) electrons. The highest BCUT2D eigenvalue weighted by atomic mass is 127. The Morgan fingerprint density at radius 2 is 2.40 bits per heavy atom. The summed E-state index contributed by atoms with van der Waals surface area (Å²) in [7, 11) is 0. The van der Waals surface area contributed by atoms with Crippen LogP contribution in [0.15, 0.2) is 12.7 Å². The van der Waals surface area contributed by atoms with Gasteiger partial charge in [-0.2, -0.15) is 0 Å². The zero-order chi connectivity index (χ0) is 7.56. The minimum absolute atomic E-state index is 0.504. The Balaban J connectivity index is 2.50. The molecule has 2 atom stereocenters. The maximum Gasteiger partial charge on any atom is 0.0499 e. The molecule has 0 bridgehead atoms. The highest BCUT2D eigenvalue weighted by Crippen LogP contribution is 2.15. The van der Waals surface area contributed by atoms with Crippen LogP contribution in [0.3, 0.4) is 0 Å². The standard InChI is InChI=1S/C7H13IN2/c1-3-7-5-9-4-6(2)10(7)8/h3,6-7,9H,1,4-5H2,2H3/t6-,7+/m0/s1. The molecule has 0 unspecified atom stereocenters. The van der Waals surface area contributed by atoms with Crippen LogP contribution >= 0.6 is 22.9 Å². The molecule has 0 saturated carbocycles. The maximum atomic E-state index is 3.78. The second kappa shape index (κ2) is 3.69. The highest BCUT2D eigenvalue weighted by Gasteiger charge is 2.22. The number of hydrogen-bond acceptors (Lipinski definition) is 2. The predicted molar refractivity (Wildman–Crippen MR) is 52.2 cm³/mol. The van der Waals surface area contributed by atoms with Crippen molar-refractivity contribution in [3.05, 3.63) is 12.7 Å². The number of halogens is 1. The van der Waals surface area contributed by atoms with Crippen LogP contribution in [-0.4, -0.2) is 28.3 Å². The number of hydrogen-bond donors (Lipinski definition) is 1. The van der Waals surface area contributed by atoms with Gasteiger partial charge in [0, 0.05) is 48.0 Å². The molecule has 1 fully saturated rings. The minimum atomic E-state index is 0.504. The number of nitrogens with one attached hydrogen (secondary N) is 1. The molecule has 1 aliphatic rings. The van der Waals surface area contributed by atoms with Crippen molar-refractivity contribution in [2.45, 2.75) is 19.0 Å². The Morgan fingerprint density at radius 1 is 1.70 bits per heavy atom. The first-order valence-corrected chi connectivity index (χ1v) is 4.49. The summed E-state index contributed by atoms with van der Waals surface area (Å²) in [6.07, 6.45) is 2.00. The smallest absolute Gasteiger partial charge is 0.0499 e. The quantitative estimate of drug-likeness (QED) is 0.428. The fourth-order valence-corrected chi connectivity index (χ4v) is 1.75. The summed E-state index contributed by atoms with van der Waals surface area (Å²) < 4.78 is 2.32. The average Bonchev–Trinajstić information content (AvgIpc) is 1.95. The fraction of sp³-hybridized carbons (Fsp3) is 0.714. The van der Waals surface area contributed by atoms with Gasteiger partial charge in [-0.25, -0.2) is 3.11 Å². The summed E-state index contributed by atoms with van der Waals surface area (Å²) in [5.74, 6) is 0. The van der Waals surface area contributed by atoms with Gasteiger partial charge >= 0.3 is 0 Å². The molecule has 58 valence electrons. The molecule has 0 amide bonds. The van der Waals surface area contributed by atoms with Gasteiger partial charge in [0.1, 0.15) is 0 Å². The van der Waals surface area contributed by atoms with Gasteiger partial charge in [-0.05, 0) is 6.92 Å². The molecule has 1 saturated heterocycles. The third kappa shape index (κ3) is 1.71. The molecular weight excluding hydrogens is 239 g/mol. The molecule has 0 aromatic heterocycles. The third-order valence-electron chi connectivity index (χ3n) is 1.80. The Kier molecular flexibility index (Phi) is 3.13. The number of piperazine rings is 1. The number of nitrogens with zero attached hydrogens (tertiary/aromatic N) is 1. The van der Waals surface area contributed by atoms with Gasteiger partial charge in [-0.3, -0.25) is 0 Å². The van der Waals surface area contributed by atoms with Crippen LogP contribution in [0.2, 0.25) is 0 Å². The van der Waals surface area contributed by atoms with Crippen LogP contribution in [0, 0.1) is 0 Å². The van der Waals surface area contributed by atoms with Gasteiger partial charge in [0.2, 0.25) is 0 Å². The second-order valence-corrected chi connectivity index (χ2v) is 3.77. The van der Waals surface area contributed by atoms with Crippen LogP contribution in [0.4, 0.5) is 0 Å². The van der Waals surface area contributed by atoms with E-state index in [0.717, 1.165) is 13.1 Å². The van der Waals surface area contributed by atoms with E-state index in [1.807, 2.05) is 6.08 Å². The van der Waals surface area contributed by atoms with Gasteiger partial charge in [-0.15, -0.1) is 6.58 Å². The summed E-state index contributed by atoms with van der Waals surface area (Å²) in [4.78, 5) is 0. The Bertz CT molecular complexity index is 127. The maximum absolute atomic E-state index is 3.78. The first-order valence-electron chi connectivity index (χ1n) is 3.53. The molecule has 0 aliphatic carbocycles. The molecule has 3 heteroatoms. The van der Waals surface area contributed by atoms with Crippen molar-refractivity contribution in [3.8, 4) is 0 Å². The van der Waals surface area contributed by atoms with Crippen molar-refractivity contribution in [2.24, 2.45) is 0 Å². The van der Waals surface area contributed by atoms with E-state index in [-0.39, 0.29) is 0 Å². The minimum Gasteiger partial charge on any atom is -0.313 e. The lowest BCUT2D eigenvalue weighted by Gasteiger charge is -2.34. The highest BCUT2D eigenvalue weighted by molar-refractivity contribution is 14.1. The van der Waals surface area contributed by atoms with Crippen LogP contribution in [0.5, 0.6) is 0 Å². The largest absolute Gasteiger partial charge is 0.313 e. The van der Waals surface area contributed by atoms with E-state index in [9.17, 15) is 0 Å². The van der Waals surface area contributed by atoms with Crippen molar-refractivity contribution in [2.75, 3.05) is 13.1 Å². The fourth-order valence-electron chi connectivity index (χ4n) is 1.13. The summed E-state index contributed by atoms with van der Waals surface area (Å²) in [5, 5.41) is 3.35. The summed E-state index contributed by atoms with van der Waals surface area (Å²) in [6, 6.07) is 1.13. The lowest BCUT2D eigenvalue weighted by molar-refractivity contribution is 0.285. The molecule has 2 nitrogen and oxygen atoms in total. The lowest BCUT2D eigenvalue weighted by atomic mass is 10.2. The van der Waals surface area contributed by atoms with Crippen molar-refractivity contribution in [3.63, 3.8) is 0 Å². The molecule has 1 aliphatic heterocycles. The van der Waals surface area contributed by atoms with Crippen LogP contribution in [0.25, 0.3) is 0 Å². The molecule has 10 heavy (non-hydrogen) atoms. The predicted octanol–water partition coefficient (Wildman–Crippen LogP) is 1.18. The normalized spacial score (nSPS) is 35.8. The molecule has 1 heterocycles. The van der Waals surface area contributed by atoms with Crippen molar-refractivity contribution in [1.29, 1.82) is 0 Å². The summed E-state index contributed by atoms with van der Waals surface area (Å²) >= 11 is 2.37. The average molecular weight is 252 g/mol. The van der Waals surface area contributed by atoms with E-state index in [4.69, 9.17) is 0 Å². The molecule has 1 rings (SSSR count). The molecular formula is C7H13IN2. The zero-order valence-electron chi connectivity index (χ0n) is 6.18. The van der Waals surface area contributed by atoms with Crippen molar-refractivity contribution < 1.29 is 0 Å². The molecule has 0 aromatic rings. The Labute approximate surface area is 76.2 Å². The lowest BCUT2D eigenvalue weighted by Crippen LogP contribution is -2.50. The molecule has 1 N–H and O–H groups in total. The second-order valence-electron chi connectivity index (χ2n) is 2.65. The van der Waals surface area contributed by atoms with Crippen molar-refractivity contribution in [1.82, 2.24) is 8.43 Å². The van der Waals surface area contributed by atoms with E-state index >= 15 is 0 Å². The van der Waals surface area contributed by atoms with Gasteiger partial charge in [0.05, 0.1) is 0 Å². The van der Waals surface area contributed by atoms with Gasteiger partial charge in [0.15, 0.2) is 0 Å². The van der Waals surface area contributed by atoms with E-state index in [1.165, 1.54) is 0 Å². The van der Waals surface area contributed by atoms with Crippen molar-refractivity contribution >= 4 is 22.9 Å². The van der Waals surface area contributed by atoms with E-state index in [2.05, 4.69) is 44.8 Å². The molecule has 0 aromatic carbocycles. The van der Waals surface area contributed by atoms with Crippen LogP contribution in [0.1, 0.15) is 6.92 Å². The third-order valence-corrected chi connectivity index (χ3v) is 3.47. The number of rotatable bonds is 1. The molecule has 0 spiro atoms. The zero-order valence-corrected chi connectivity index (χ0v) is 8.34. The first-order chi connectivity index (χ1) is 4.75. The Morgan fingerprint density at radius 3 is 2.90 bits per heavy atom. The topological polar surface area (TPSA) is 15.3 Å². The van der Waals surface area contributed by atoms with Gasteiger partial charge in [0.25, 0.3) is 0 Å². The monoisotopic (exact) mass is 252 g/mol. The Hall–Kier alpha value is 0.390. The van der Waals surface area contributed by atoms with Gasteiger partial charge < -0.3 is 5.32 Å². The van der Waals surface area contributed by atoms with E-state index < -0.39 is 0 Å². The SMILES string of the molecule is C=C[C@@H]1CNC[C@H](C)N1I. The summed E-state index contributed by atoms with van der Waals surface area (Å²) in [5.41, 5.74) is 0. The van der Waals surface area contributed by atoms with Gasteiger partial charge in [-0.1, -0.05) is 6.08 Å². The van der Waals surface area contributed by atoms with Crippen LogP contribution < -0.4 is 5.32 Å².